The fourth-order valence-corrected chi connectivity index (χ4v) is 1.64. The van der Waals surface area contributed by atoms with Crippen LogP contribution in [0.25, 0.3) is 0 Å². The van der Waals surface area contributed by atoms with Crippen LogP contribution in [-0.2, 0) is 0 Å². The fourth-order valence-electron chi connectivity index (χ4n) is 1.64. The van der Waals surface area contributed by atoms with E-state index in [0.717, 1.165) is 18.4 Å². The van der Waals surface area contributed by atoms with Gasteiger partial charge in [0.25, 0.3) is 0 Å². The van der Waals surface area contributed by atoms with Gasteiger partial charge in [-0.2, -0.15) is 5.26 Å². The molecular weight excluding hydrogens is 188 g/mol. The summed E-state index contributed by atoms with van der Waals surface area (Å²) in [5.74, 6) is 0.877. The van der Waals surface area contributed by atoms with Gasteiger partial charge in [-0.1, -0.05) is 26.3 Å². The molecule has 1 rings (SSSR count). The SMILES string of the molecule is CCCC(C)c1ccc(OC)nc1C#N. The van der Waals surface area contributed by atoms with E-state index in [4.69, 9.17) is 10.00 Å². The minimum absolute atomic E-state index is 0.378. The molecule has 0 aromatic carbocycles. The van der Waals surface area contributed by atoms with Gasteiger partial charge in [-0.15, -0.1) is 0 Å². The average Bonchev–Trinajstić information content (AvgIpc) is 2.28. The van der Waals surface area contributed by atoms with Crippen LogP contribution in [0.2, 0.25) is 0 Å². The van der Waals surface area contributed by atoms with Crippen LogP contribution in [0.3, 0.4) is 0 Å². The lowest BCUT2D eigenvalue weighted by atomic mass is 9.95. The third-order valence-corrected chi connectivity index (χ3v) is 2.47. The summed E-state index contributed by atoms with van der Waals surface area (Å²) in [7, 11) is 1.55. The topological polar surface area (TPSA) is 45.9 Å². The van der Waals surface area contributed by atoms with Crippen molar-refractivity contribution < 1.29 is 4.74 Å². The summed E-state index contributed by atoms with van der Waals surface area (Å²) >= 11 is 0. The van der Waals surface area contributed by atoms with Crippen molar-refractivity contribution in [2.24, 2.45) is 0 Å². The molecule has 0 bridgehead atoms. The van der Waals surface area contributed by atoms with E-state index in [1.165, 1.54) is 0 Å². The van der Waals surface area contributed by atoms with Crippen molar-refractivity contribution >= 4 is 0 Å². The van der Waals surface area contributed by atoms with Gasteiger partial charge in [-0.3, -0.25) is 0 Å². The number of hydrogen-bond acceptors (Lipinski definition) is 3. The monoisotopic (exact) mass is 204 g/mol. The summed E-state index contributed by atoms with van der Waals surface area (Å²) < 4.78 is 4.99. The van der Waals surface area contributed by atoms with Gasteiger partial charge >= 0.3 is 0 Å². The van der Waals surface area contributed by atoms with Crippen molar-refractivity contribution in [3.63, 3.8) is 0 Å². The normalized spacial score (nSPS) is 11.9. The Labute approximate surface area is 90.7 Å². The van der Waals surface area contributed by atoms with E-state index in [-0.39, 0.29) is 0 Å². The Balaban J connectivity index is 3.03. The molecule has 0 N–H and O–H groups in total. The number of methoxy groups -OCH3 is 1. The number of hydrogen-bond donors (Lipinski definition) is 0. The van der Waals surface area contributed by atoms with Crippen LogP contribution in [0.5, 0.6) is 5.88 Å². The van der Waals surface area contributed by atoms with E-state index < -0.39 is 0 Å². The maximum Gasteiger partial charge on any atom is 0.214 e. The molecule has 1 aromatic heterocycles. The quantitative estimate of drug-likeness (QED) is 0.757. The van der Waals surface area contributed by atoms with Crippen LogP contribution in [-0.4, -0.2) is 12.1 Å². The Morgan fingerprint density at radius 3 is 2.80 bits per heavy atom. The Bertz CT molecular complexity index is 368. The molecule has 0 aliphatic heterocycles. The molecule has 0 radical (unpaired) electrons. The highest BCUT2D eigenvalue weighted by Crippen LogP contribution is 2.24. The molecule has 1 unspecified atom stereocenters. The second-order valence-electron chi connectivity index (χ2n) is 3.59. The zero-order valence-corrected chi connectivity index (χ0v) is 9.45. The first kappa shape index (κ1) is 11.5. The molecule has 3 nitrogen and oxygen atoms in total. The molecule has 15 heavy (non-hydrogen) atoms. The Morgan fingerprint density at radius 1 is 1.53 bits per heavy atom. The van der Waals surface area contributed by atoms with Crippen molar-refractivity contribution in [3.05, 3.63) is 23.4 Å². The summed E-state index contributed by atoms with van der Waals surface area (Å²) in [6.07, 6.45) is 2.18. The smallest absolute Gasteiger partial charge is 0.214 e. The molecule has 0 spiro atoms. The Morgan fingerprint density at radius 2 is 2.27 bits per heavy atom. The maximum absolute atomic E-state index is 8.99. The second-order valence-corrected chi connectivity index (χ2v) is 3.59. The minimum Gasteiger partial charge on any atom is -0.481 e. The predicted molar refractivity (Wildman–Crippen MR) is 58.8 cm³/mol. The van der Waals surface area contributed by atoms with Gasteiger partial charge in [0.05, 0.1) is 7.11 Å². The van der Waals surface area contributed by atoms with E-state index in [0.29, 0.717) is 17.5 Å². The van der Waals surface area contributed by atoms with E-state index in [1.807, 2.05) is 12.1 Å². The van der Waals surface area contributed by atoms with Crippen molar-refractivity contribution in [2.45, 2.75) is 32.6 Å². The van der Waals surface area contributed by atoms with Crippen molar-refractivity contribution in [2.75, 3.05) is 7.11 Å². The largest absolute Gasteiger partial charge is 0.481 e. The van der Waals surface area contributed by atoms with Crippen LogP contribution < -0.4 is 4.74 Å². The first-order valence-corrected chi connectivity index (χ1v) is 5.18. The highest BCUT2D eigenvalue weighted by atomic mass is 16.5. The van der Waals surface area contributed by atoms with Crippen LogP contribution in [0.4, 0.5) is 0 Å². The molecule has 0 saturated carbocycles. The lowest BCUT2D eigenvalue weighted by molar-refractivity contribution is 0.397. The highest BCUT2D eigenvalue weighted by Gasteiger charge is 2.11. The third kappa shape index (κ3) is 2.69. The average molecular weight is 204 g/mol. The van der Waals surface area contributed by atoms with Crippen LogP contribution in [0.1, 0.15) is 43.9 Å². The molecule has 0 aliphatic carbocycles. The number of rotatable bonds is 4. The summed E-state index contributed by atoms with van der Waals surface area (Å²) in [6.45, 7) is 4.26. The van der Waals surface area contributed by atoms with Gasteiger partial charge in [-0.05, 0) is 17.9 Å². The third-order valence-electron chi connectivity index (χ3n) is 2.47. The van der Waals surface area contributed by atoms with Crippen molar-refractivity contribution in [3.8, 4) is 11.9 Å². The summed E-state index contributed by atoms with van der Waals surface area (Å²) in [4.78, 5) is 4.13. The van der Waals surface area contributed by atoms with E-state index >= 15 is 0 Å². The zero-order valence-electron chi connectivity index (χ0n) is 9.45. The lowest BCUT2D eigenvalue weighted by Gasteiger charge is -2.12. The number of nitrogens with zero attached hydrogens (tertiary/aromatic N) is 2. The van der Waals surface area contributed by atoms with Gasteiger partial charge in [0.15, 0.2) is 0 Å². The summed E-state index contributed by atoms with van der Waals surface area (Å²) in [5, 5.41) is 8.99. The molecule has 0 amide bonds. The number of ether oxygens (including phenoxy) is 1. The molecule has 0 fully saturated rings. The lowest BCUT2D eigenvalue weighted by Crippen LogP contribution is -2.00. The number of nitriles is 1. The number of pyridine rings is 1. The Kier molecular flexibility index (Phi) is 4.11. The fraction of sp³-hybridized carbons (Fsp3) is 0.500. The second kappa shape index (κ2) is 5.35. The zero-order chi connectivity index (χ0) is 11.3. The van der Waals surface area contributed by atoms with Crippen molar-refractivity contribution in [1.82, 2.24) is 4.98 Å². The highest BCUT2D eigenvalue weighted by molar-refractivity contribution is 5.36. The predicted octanol–water partition coefficient (Wildman–Crippen LogP) is 2.87. The van der Waals surface area contributed by atoms with Crippen LogP contribution >= 0.6 is 0 Å². The molecule has 0 saturated heterocycles. The molecule has 1 aromatic rings. The molecule has 0 aliphatic rings. The van der Waals surface area contributed by atoms with Crippen LogP contribution in [0, 0.1) is 11.3 Å². The minimum atomic E-state index is 0.378. The summed E-state index contributed by atoms with van der Waals surface area (Å²) in [5.41, 5.74) is 1.50. The Hall–Kier alpha value is -1.56. The molecule has 1 heterocycles. The molecular formula is C12H16N2O. The van der Waals surface area contributed by atoms with E-state index in [9.17, 15) is 0 Å². The first-order valence-electron chi connectivity index (χ1n) is 5.18. The number of aromatic nitrogens is 1. The van der Waals surface area contributed by atoms with Crippen molar-refractivity contribution in [1.29, 1.82) is 5.26 Å². The van der Waals surface area contributed by atoms with Gasteiger partial charge < -0.3 is 4.74 Å². The van der Waals surface area contributed by atoms with E-state index in [2.05, 4.69) is 24.9 Å². The van der Waals surface area contributed by atoms with Gasteiger partial charge in [0.2, 0.25) is 5.88 Å². The maximum atomic E-state index is 8.99. The van der Waals surface area contributed by atoms with Crippen LogP contribution in [0.15, 0.2) is 12.1 Å². The van der Waals surface area contributed by atoms with E-state index in [1.54, 1.807) is 7.11 Å². The molecule has 1 atom stereocenters. The summed E-state index contributed by atoms with van der Waals surface area (Å²) in [6, 6.07) is 5.86. The van der Waals surface area contributed by atoms with Gasteiger partial charge in [0.1, 0.15) is 11.8 Å². The van der Waals surface area contributed by atoms with Gasteiger partial charge in [0, 0.05) is 6.07 Å². The van der Waals surface area contributed by atoms with Gasteiger partial charge in [-0.25, -0.2) is 4.98 Å². The first-order chi connectivity index (χ1) is 7.22. The standard InChI is InChI=1S/C12H16N2O/c1-4-5-9(2)10-6-7-12(15-3)14-11(10)8-13/h6-7,9H,4-5H2,1-3H3. The molecule has 80 valence electrons. The molecule has 3 heteroatoms.